The van der Waals surface area contributed by atoms with Crippen LogP contribution in [0.3, 0.4) is 0 Å². The van der Waals surface area contributed by atoms with Crippen molar-refractivity contribution < 1.29 is 14.1 Å². The monoisotopic (exact) mass is 465 g/mol. The van der Waals surface area contributed by atoms with Crippen molar-refractivity contribution in [2.45, 2.75) is 64.3 Å². The molecule has 0 N–H and O–H groups in total. The molecule has 3 aliphatic carbocycles. The number of benzene rings is 2. The minimum absolute atomic E-state index is 0.0173. The molecular formula is C28H39NO3Si. The van der Waals surface area contributed by atoms with E-state index in [9.17, 15) is 4.79 Å². The summed E-state index contributed by atoms with van der Waals surface area (Å²) >= 11 is 0. The highest BCUT2D eigenvalue weighted by Gasteiger charge is 2.56. The summed E-state index contributed by atoms with van der Waals surface area (Å²) in [6, 6.07) is 21.8. The van der Waals surface area contributed by atoms with E-state index in [0.717, 1.165) is 45.1 Å². The first-order valence-electron chi connectivity index (χ1n) is 12.3. The van der Waals surface area contributed by atoms with Crippen LogP contribution in [-0.4, -0.2) is 40.1 Å². The smallest absolute Gasteiger partial charge is 0.261 e. The number of nitrogens with zero attached hydrogens (tertiary/aromatic N) is 1. The Balaban J connectivity index is 1.63. The Bertz CT molecular complexity index is 890. The van der Waals surface area contributed by atoms with Crippen LogP contribution in [0.4, 0.5) is 0 Å². The second-order valence-corrected chi connectivity index (χ2v) is 15.5. The molecule has 1 amide bonds. The fourth-order valence-electron chi connectivity index (χ4n) is 6.24. The van der Waals surface area contributed by atoms with E-state index in [0.29, 0.717) is 0 Å². The molecule has 3 aliphatic rings. The molecule has 4 nitrogen and oxygen atoms in total. The first-order chi connectivity index (χ1) is 15.7. The van der Waals surface area contributed by atoms with Gasteiger partial charge >= 0.3 is 0 Å². The molecule has 33 heavy (non-hydrogen) atoms. The molecule has 3 fully saturated rings. The summed E-state index contributed by atoms with van der Waals surface area (Å²) in [5, 5.41) is 4.07. The van der Waals surface area contributed by atoms with E-state index >= 15 is 0 Å². The Morgan fingerprint density at radius 3 is 1.73 bits per heavy atom. The maximum atomic E-state index is 13.0. The highest BCUT2D eigenvalue weighted by atomic mass is 28.4. The molecule has 0 atom stereocenters. The molecule has 2 aromatic carbocycles. The van der Waals surface area contributed by atoms with Crippen molar-refractivity contribution in [3.63, 3.8) is 0 Å². The minimum atomic E-state index is -2.54. The number of carbonyl (C=O) groups is 1. The van der Waals surface area contributed by atoms with Gasteiger partial charge in [0.2, 0.25) is 0 Å². The van der Waals surface area contributed by atoms with Gasteiger partial charge in [-0.15, -0.1) is 0 Å². The molecule has 178 valence electrons. The Labute approximate surface area is 200 Å². The van der Waals surface area contributed by atoms with E-state index in [4.69, 9.17) is 9.26 Å². The maximum absolute atomic E-state index is 13.0. The quantitative estimate of drug-likeness (QED) is 0.430. The first-order valence-corrected chi connectivity index (χ1v) is 14.2. The summed E-state index contributed by atoms with van der Waals surface area (Å²) in [4.78, 5) is 18.2. The summed E-state index contributed by atoms with van der Waals surface area (Å²) in [6.07, 6.45) is 5.95. The number of rotatable bonds is 7. The molecule has 0 unspecified atom stereocenters. The van der Waals surface area contributed by atoms with Gasteiger partial charge in [-0.3, -0.25) is 9.63 Å². The summed E-state index contributed by atoms with van der Waals surface area (Å²) in [6.45, 7) is 7.78. The Morgan fingerprint density at radius 2 is 1.33 bits per heavy atom. The molecule has 5 heteroatoms. The Hall–Kier alpha value is -1.95. The van der Waals surface area contributed by atoms with Gasteiger partial charge in [0.05, 0.1) is 12.5 Å². The van der Waals surface area contributed by atoms with Gasteiger partial charge in [-0.1, -0.05) is 81.4 Å². The molecular weight excluding hydrogens is 426 g/mol. The van der Waals surface area contributed by atoms with E-state index in [2.05, 4.69) is 81.4 Å². The second-order valence-electron chi connectivity index (χ2n) is 11.2. The van der Waals surface area contributed by atoms with Crippen LogP contribution in [0, 0.1) is 10.8 Å². The third-order valence-corrected chi connectivity index (χ3v) is 13.4. The number of amides is 1. The zero-order valence-electron chi connectivity index (χ0n) is 20.9. The third-order valence-electron chi connectivity index (χ3n) is 8.43. The fraction of sp³-hybridized carbons (Fsp3) is 0.536. The number of hydroxylamine groups is 2. The van der Waals surface area contributed by atoms with Crippen LogP contribution in [0.25, 0.3) is 0 Å². The van der Waals surface area contributed by atoms with Crippen molar-refractivity contribution in [1.29, 1.82) is 0 Å². The average Bonchev–Trinajstić information content (AvgIpc) is 2.85. The van der Waals surface area contributed by atoms with Crippen LogP contribution in [0.1, 0.15) is 59.3 Å². The van der Waals surface area contributed by atoms with Crippen molar-refractivity contribution in [3.05, 3.63) is 60.7 Å². The molecule has 0 aromatic heterocycles. The lowest BCUT2D eigenvalue weighted by Crippen LogP contribution is -2.67. The largest absolute Gasteiger partial charge is 0.407 e. The minimum Gasteiger partial charge on any atom is -0.407 e. The van der Waals surface area contributed by atoms with E-state index in [-0.39, 0.29) is 21.8 Å². The van der Waals surface area contributed by atoms with Crippen LogP contribution in [-0.2, 0) is 14.1 Å². The summed E-state index contributed by atoms with van der Waals surface area (Å²) in [7, 11) is 0.769. The van der Waals surface area contributed by atoms with E-state index < -0.39 is 8.32 Å². The highest BCUT2D eigenvalue weighted by molar-refractivity contribution is 6.99. The van der Waals surface area contributed by atoms with Gasteiger partial charge in [0.1, 0.15) is 0 Å². The maximum Gasteiger partial charge on any atom is 0.261 e. The van der Waals surface area contributed by atoms with E-state index in [1.807, 2.05) is 0 Å². The molecule has 0 spiro atoms. The predicted octanol–water partition coefficient (Wildman–Crippen LogP) is 4.92. The van der Waals surface area contributed by atoms with Crippen molar-refractivity contribution in [2.75, 3.05) is 20.8 Å². The van der Waals surface area contributed by atoms with Crippen LogP contribution in [0.15, 0.2) is 60.7 Å². The lowest BCUT2D eigenvalue weighted by atomic mass is 9.53. The first kappa shape index (κ1) is 24.2. The van der Waals surface area contributed by atoms with Gasteiger partial charge in [-0.25, -0.2) is 5.06 Å². The summed E-state index contributed by atoms with van der Waals surface area (Å²) in [5.74, 6) is 0.145. The van der Waals surface area contributed by atoms with Gasteiger partial charge in [-0.2, -0.15) is 0 Å². The number of hydrogen-bond donors (Lipinski definition) is 0. The Kier molecular flexibility index (Phi) is 6.60. The predicted molar refractivity (Wildman–Crippen MR) is 136 cm³/mol. The third kappa shape index (κ3) is 4.20. The molecule has 3 saturated carbocycles. The van der Waals surface area contributed by atoms with Gasteiger partial charge in [0.25, 0.3) is 14.2 Å². The normalized spacial score (nSPS) is 25.1. The zero-order chi connectivity index (χ0) is 23.7. The molecule has 5 rings (SSSR count). The van der Waals surface area contributed by atoms with Gasteiger partial charge < -0.3 is 4.43 Å². The zero-order valence-corrected chi connectivity index (χ0v) is 21.9. The highest BCUT2D eigenvalue weighted by Crippen LogP contribution is 2.58. The fourth-order valence-corrected chi connectivity index (χ4v) is 10.9. The summed E-state index contributed by atoms with van der Waals surface area (Å²) in [5.41, 5.74) is -0.0787. The average molecular weight is 466 g/mol. The van der Waals surface area contributed by atoms with Crippen molar-refractivity contribution in [1.82, 2.24) is 5.06 Å². The lowest BCUT2D eigenvalue weighted by Gasteiger charge is -2.54. The molecule has 2 bridgehead atoms. The van der Waals surface area contributed by atoms with Gasteiger partial charge in [0, 0.05) is 13.7 Å². The number of fused-ring (bicyclic) bond motifs is 3. The van der Waals surface area contributed by atoms with E-state index in [1.165, 1.54) is 15.4 Å². The van der Waals surface area contributed by atoms with Crippen LogP contribution in [0.5, 0.6) is 0 Å². The van der Waals surface area contributed by atoms with Crippen LogP contribution in [0.2, 0.25) is 5.04 Å². The molecule has 0 heterocycles. The van der Waals surface area contributed by atoms with Crippen molar-refractivity contribution in [3.8, 4) is 0 Å². The number of hydrogen-bond acceptors (Lipinski definition) is 3. The number of carbonyl (C=O) groups excluding carboxylic acids is 1. The van der Waals surface area contributed by atoms with Crippen molar-refractivity contribution >= 4 is 24.6 Å². The van der Waals surface area contributed by atoms with Gasteiger partial charge in [0.15, 0.2) is 0 Å². The Morgan fingerprint density at radius 1 is 0.879 bits per heavy atom. The molecule has 2 aromatic rings. The van der Waals surface area contributed by atoms with E-state index in [1.54, 1.807) is 14.2 Å². The lowest BCUT2D eigenvalue weighted by molar-refractivity contribution is -0.189. The SMILES string of the molecule is CON(C)C(=O)C12CCC(CO[Si](c3ccccc3)(c3ccccc3)C(C)(C)C)(CC1)CC2. The standard InChI is InChI=1S/C28H39NO3Si/c1-26(2,3)33(23-12-8-6-9-13-23,24-14-10-7-11-15-24)32-22-27-16-19-28(20-17-27,21-18-27)25(30)29(4)31-5/h6-15H,16-22H2,1-5H3. The summed E-state index contributed by atoms with van der Waals surface area (Å²) < 4.78 is 7.31. The van der Waals surface area contributed by atoms with Crippen LogP contribution >= 0.6 is 0 Å². The van der Waals surface area contributed by atoms with Gasteiger partial charge in [-0.05, 0) is 59.4 Å². The molecule has 0 saturated heterocycles. The second kappa shape index (κ2) is 9.01. The van der Waals surface area contributed by atoms with Crippen LogP contribution < -0.4 is 10.4 Å². The molecule has 0 radical (unpaired) electrons. The topological polar surface area (TPSA) is 38.8 Å². The molecule has 0 aliphatic heterocycles. The van der Waals surface area contributed by atoms with Crippen molar-refractivity contribution in [2.24, 2.45) is 10.8 Å².